The molecule has 43 heavy (non-hydrogen) atoms. The summed E-state index contributed by atoms with van der Waals surface area (Å²) < 4.78 is 30.8. The van der Waals surface area contributed by atoms with Crippen LogP contribution in [-0.4, -0.2) is 50.8 Å². The number of carboxylic acid groups (broad SMARTS) is 1. The summed E-state index contributed by atoms with van der Waals surface area (Å²) in [4.78, 5) is 38.1. The van der Waals surface area contributed by atoms with Gasteiger partial charge in [-0.1, -0.05) is 38.1 Å². The third-order valence-electron chi connectivity index (χ3n) is 6.43. The number of urea groups is 1. The smallest absolute Gasteiger partial charge is 0.323 e. The average molecular weight is 631 g/mol. The molecule has 0 aliphatic carbocycles. The van der Waals surface area contributed by atoms with E-state index >= 15 is 0 Å². The molecule has 1 heterocycles. The van der Waals surface area contributed by atoms with Crippen molar-refractivity contribution in [3.63, 3.8) is 0 Å². The van der Waals surface area contributed by atoms with Crippen LogP contribution in [0.1, 0.15) is 47.9 Å². The predicted molar refractivity (Wildman–Crippen MR) is 168 cm³/mol. The maximum atomic E-state index is 13.1. The first-order valence-corrected chi connectivity index (χ1v) is 16.4. The molecule has 1 aromatic heterocycles. The minimum atomic E-state index is -3.71. The van der Waals surface area contributed by atoms with E-state index in [1.165, 1.54) is 18.4 Å². The predicted octanol–water partition coefficient (Wildman–Crippen LogP) is 4.70. The van der Waals surface area contributed by atoms with Gasteiger partial charge in [0.2, 0.25) is 15.9 Å². The Hall–Kier alpha value is -3.94. The van der Waals surface area contributed by atoms with Crippen LogP contribution >= 0.6 is 11.3 Å². The highest BCUT2D eigenvalue weighted by atomic mass is 32.2. The number of methoxy groups -OCH3 is 1. The van der Waals surface area contributed by atoms with E-state index < -0.39 is 28.1 Å². The third kappa shape index (κ3) is 10.7. The zero-order chi connectivity index (χ0) is 31.7. The monoisotopic (exact) mass is 630 g/mol. The SMILES string of the molecule is COc1cc(CC(=O)NC(CC(C)C)c2cc(CC(NS(C)(=O)=O)C(=O)O)cs2)ccc1NC(=O)Nc1ccccc1C. The number of carbonyl (C=O) groups excluding carboxylic acids is 2. The Morgan fingerprint density at radius 1 is 1.00 bits per heavy atom. The third-order valence-corrected chi connectivity index (χ3v) is 8.23. The summed E-state index contributed by atoms with van der Waals surface area (Å²) in [5, 5.41) is 19.9. The number of hydrogen-bond donors (Lipinski definition) is 5. The molecule has 3 amide bonds. The van der Waals surface area contributed by atoms with Crippen molar-refractivity contribution in [3.05, 3.63) is 75.5 Å². The number of aryl methyl sites for hydroxylation is 1. The van der Waals surface area contributed by atoms with E-state index in [0.29, 0.717) is 34.7 Å². The summed E-state index contributed by atoms with van der Waals surface area (Å²) in [5.41, 5.74) is 3.41. The largest absolute Gasteiger partial charge is 0.495 e. The standard InChI is InChI=1S/C30H38N4O7S2/c1-18(2)12-24(27-15-21(17-42-27)13-25(29(36)37)34-43(5,39)40)31-28(35)16-20-10-11-23(26(14-20)41-4)33-30(38)32-22-9-7-6-8-19(22)3/h6-11,14-15,17-18,24-25,34H,12-13,16H2,1-5H3,(H,31,35)(H,36,37)(H2,32,33,38). The molecule has 0 fully saturated rings. The molecule has 232 valence electrons. The molecule has 2 unspecified atom stereocenters. The molecule has 5 N–H and O–H groups in total. The summed E-state index contributed by atoms with van der Waals surface area (Å²) in [6.07, 6.45) is 1.61. The first-order valence-electron chi connectivity index (χ1n) is 13.6. The summed E-state index contributed by atoms with van der Waals surface area (Å²) >= 11 is 1.38. The molecule has 0 saturated heterocycles. The molecule has 2 aromatic carbocycles. The molecule has 0 saturated carbocycles. The summed E-state index contributed by atoms with van der Waals surface area (Å²) in [6.45, 7) is 5.97. The van der Waals surface area contributed by atoms with E-state index in [1.807, 2.05) is 45.0 Å². The van der Waals surface area contributed by atoms with E-state index in [0.717, 1.165) is 16.7 Å². The molecule has 0 spiro atoms. The second-order valence-electron chi connectivity index (χ2n) is 10.7. The number of thiophene rings is 1. The van der Waals surface area contributed by atoms with E-state index in [9.17, 15) is 27.9 Å². The molecule has 0 aliphatic heterocycles. The topological polar surface area (TPSA) is 163 Å². The van der Waals surface area contributed by atoms with Gasteiger partial charge in [-0.2, -0.15) is 0 Å². The van der Waals surface area contributed by atoms with Crippen LogP contribution in [0.3, 0.4) is 0 Å². The molecule has 0 bridgehead atoms. The number of hydrogen-bond acceptors (Lipinski definition) is 7. The number of benzene rings is 2. The number of rotatable bonds is 14. The van der Waals surface area contributed by atoms with Crippen molar-refractivity contribution in [1.29, 1.82) is 0 Å². The number of ether oxygens (including phenoxy) is 1. The number of aliphatic carboxylic acids is 1. The van der Waals surface area contributed by atoms with Crippen LogP contribution < -0.4 is 25.4 Å². The van der Waals surface area contributed by atoms with E-state index in [4.69, 9.17) is 4.74 Å². The Balaban J connectivity index is 1.68. The van der Waals surface area contributed by atoms with Gasteiger partial charge in [0.05, 0.1) is 31.5 Å². The van der Waals surface area contributed by atoms with Crippen LogP contribution in [0.4, 0.5) is 16.2 Å². The zero-order valence-corrected chi connectivity index (χ0v) is 26.4. The van der Waals surface area contributed by atoms with Crippen LogP contribution in [0.25, 0.3) is 0 Å². The average Bonchev–Trinajstić information content (AvgIpc) is 3.37. The van der Waals surface area contributed by atoms with Crippen molar-refractivity contribution in [2.24, 2.45) is 5.92 Å². The van der Waals surface area contributed by atoms with Gasteiger partial charge in [0.15, 0.2) is 0 Å². The molecule has 3 aromatic rings. The number of sulfonamides is 1. The van der Waals surface area contributed by atoms with Gasteiger partial charge in [-0.15, -0.1) is 11.3 Å². The lowest BCUT2D eigenvalue weighted by molar-refractivity contribution is -0.139. The van der Waals surface area contributed by atoms with E-state index in [2.05, 4.69) is 20.7 Å². The molecule has 3 rings (SSSR count). The highest BCUT2D eigenvalue weighted by molar-refractivity contribution is 7.88. The lowest BCUT2D eigenvalue weighted by atomic mass is 10.0. The van der Waals surface area contributed by atoms with Crippen molar-refractivity contribution in [2.45, 2.75) is 52.1 Å². The molecule has 0 radical (unpaired) electrons. The summed E-state index contributed by atoms with van der Waals surface area (Å²) in [6, 6.07) is 12.3. The molecular formula is C30H38N4O7S2. The number of para-hydroxylation sites is 1. The van der Waals surface area contributed by atoms with Crippen LogP contribution in [-0.2, 0) is 32.5 Å². The van der Waals surface area contributed by atoms with Gasteiger partial charge >= 0.3 is 12.0 Å². The number of amides is 3. The highest BCUT2D eigenvalue weighted by Gasteiger charge is 2.24. The van der Waals surface area contributed by atoms with Gasteiger partial charge in [-0.3, -0.25) is 9.59 Å². The van der Waals surface area contributed by atoms with Crippen LogP contribution in [0, 0.1) is 12.8 Å². The second-order valence-corrected chi connectivity index (χ2v) is 13.4. The van der Waals surface area contributed by atoms with Crippen molar-refractivity contribution in [2.75, 3.05) is 24.0 Å². The normalized spacial score (nSPS) is 12.8. The quantitative estimate of drug-likeness (QED) is 0.172. The Bertz CT molecular complexity index is 1550. The van der Waals surface area contributed by atoms with Crippen molar-refractivity contribution in [1.82, 2.24) is 10.0 Å². The zero-order valence-electron chi connectivity index (χ0n) is 24.8. The van der Waals surface area contributed by atoms with Gasteiger partial charge in [0.1, 0.15) is 11.8 Å². The lowest BCUT2D eigenvalue weighted by Crippen LogP contribution is -2.41. The van der Waals surface area contributed by atoms with Gasteiger partial charge in [-0.25, -0.2) is 17.9 Å². The van der Waals surface area contributed by atoms with E-state index in [-0.39, 0.29) is 30.7 Å². The minimum absolute atomic E-state index is 0.0234. The van der Waals surface area contributed by atoms with Crippen molar-refractivity contribution < 1.29 is 32.6 Å². The van der Waals surface area contributed by atoms with Crippen molar-refractivity contribution in [3.8, 4) is 5.75 Å². The maximum absolute atomic E-state index is 13.1. The number of carbonyl (C=O) groups is 3. The summed E-state index contributed by atoms with van der Waals surface area (Å²) in [5.74, 6) is -0.829. The van der Waals surface area contributed by atoms with Gasteiger partial charge in [0.25, 0.3) is 0 Å². The molecule has 0 aliphatic rings. The molecule has 2 atom stereocenters. The van der Waals surface area contributed by atoms with Crippen LogP contribution in [0.15, 0.2) is 53.9 Å². The maximum Gasteiger partial charge on any atom is 0.323 e. The van der Waals surface area contributed by atoms with Gasteiger partial charge < -0.3 is 25.8 Å². The molecule has 13 heteroatoms. The van der Waals surface area contributed by atoms with Crippen LogP contribution in [0.5, 0.6) is 5.75 Å². The van der Waals surface area contributed by atoms with Crippen molar-refractivity contribution >= 4 is 50.6 Å². The Kier molecular flexibility index (Phi) is 11.7. The highest BCUT2D eigenvalue weighted by Crippen LogP contribution is 2.29. The Labute approximate surface area is 256 Å². The van der Waals surface area contributed by atoms with E-state index in [1.54, 1.807) is 29.6 Å². The fraction of sp³-hybridized carbons (Fsp3) is 0.367. The van der Waals surface area contributed by atoms with Crippen LogP contribution in [0.2, 0.25) is 0 Å². The molecular weight excluding hydrogens is 592 g/mol. The summed E-state index contributed by atoms with van der Waals surface area (Å²) in [7, 11) is -2.22. The Morgan fingerprint density at radius 3 is 2.33 bits per heavy atom. The fourth-order valence-corrected chi connectivity index (χ4v) is 6.14. The van der Waals surface area contributed by atoms with Gasteiger partial charge in [0, 0.05) is 17.0 Å². The first-order chi connectivity index (χ1) is 20.2. The fourth-order valence-electron chi connectivity index (χ4n) is 4.44. The Morgan fingerprint density at radius 2 is 1.70 bits per heavy atom. The number of nitrogens with one attached hydrogen (secondary N) is 4. The number of carboxylic acids is 1. The minimum Gasteiger partial charge on any atom is -0.495 e. The lowest BCUT2D eigenvalue weighted by Gasteiger charge is -2.20. The first kappa shape index (κ1) is 33.6. The second kappa shape index (κ2) is 15.0. The number of anilines is 2. The van der Waals surface area contributed by atoms with Gasteiger partial charge in [-0.05, 0) is 65.6 Å². The molecule has 11 nitrogen and oxygen atoms in total.